The Hall–Kier alpha value is -1.61. The van der Waals surface area contributed by atoms with Gasteiger partial charge in [0.15, 0.2) is 0 Å². The van der Waals surface area contributed by atoms with Crippen molar-refractivity contribution in [3.8, 4) is 10.7 Å². The SMILES string of the molecule is Cc1cc(C)c2nc(-c3sccc3C)[nH]c2c1. The summed E-state index contributed by atoms with van der Waals surface area (Å²) in [6.07, 6.45) is 0. The fourth-order valence-corrected chi connectivity index (χ4v) is 3.06. The number of aryl methyl sites for hydroxylation is 3. The molecule has 0 unspecified atom stereocenters. The zero-order valence-electron chi connectivity index (χ0n) is 10.2. The lowest BCUT2D eigenvalue weighted by atomic mass is 10.1. The van der Waals surface area contributed by atoms with Crippen molar-refractivity contribution in [2.24, 2.45) is 0 Å². The number of aromatic nitrogens is 2. The Morgan fingerprint density at radius 3 is 2.65 bits per heavy atom. The monoisotopic (exact) mass is 242 g/mol. The van der Waals surface area contributed by atoms with Gasteiger partial charge in [-0.05, 0) is 55.0 Å². The maximum atomic E-state index is 4.71. The van der Waals surface area contributed by atoms with Crippen molar-refractivity contribution in [2.45, 2.75) is 20.8 Å². The number of rotatable bonds is 1. The molecule has 2 aromatic heterocycles. The Bertz CT molecular complexity index is 691. The van der Waals surface area contributed by atoms with E-state index in [1.165, 1.54) is 21.6 Å². The minimum atomic E-state index is 0.987. The van der Waals surface area contributed by atoms with Gasteiger partial charge in [0.25, 0.3) is 0 Å². The van der Waals surface area contributed by atoms with Gasteiger partial charge in [0, 0.05) is 0 Å². The number of nitrogens with one attached hydrogen (secondary N) is 1. The average Bonchev–Trinajstić information content (AvgIpc) is 2.83. The molecule has 17 heavy (non-hydrogen) atoms. The summed E-state index contributed by atoms with van der Waals surface area (Å²) in [5.41, 5.74) is 6.00. The number of aromatic amines is 1. The number of benzene rings is 1. The van der Waals surface area contributed by atoms with Crippen LogP contribution in [0.15, 0.2) is 23.6 Å². The van der Waals surface area contributed by atoms with E-state index in [1.54, 1.807) is 11.3 Å². The largest absolute Gasteiger partial charge is 0.337 e. The molecule has 0 spiro atoms. The van der Waals surface area contributed by atoms with E-state index < -0.39 is 0 Å². The third-order valence-electron chi connectivity index (χ3n) is 3.00. The predicted molar refractivity (Wildman–Crippen MR) is 73.6 cm³/mol. The van der Waals surface area contributed by atoms with Crippen LogP contribution in [0.2, 0.25) is 0 Å². The maximum Gasteiger partial charge on any atom is 0.148 e. The van der Waals surface area contributed by atoms with E-state index in [4.69, 9.17) is 4.98 Å². The zero-order valence-corrected chi connectivity index (χ0v) is 11.0. The Morgan fingerprint density at radius 2 is 1.94 bits per heavy atom. The van der Waals surface area contributed by atoms with Crippen molar-refractivity contribution < 1.29 is 0 Å². The summed E-state index contributed by atoms with van der Waals surface area (Å²) in [5.74, 6) is 0.987. The summed E-state index contributed by atoms with van der Waals surface area (Å²) >= 11 is 1.73. The van der Waals surface area contributed by atoms with Crippen LogP contribution in [0.5, 0.6) is 0 Å². The molecule has 0 saturated carbocycles. The molecule has 86 valence electrons. The number of nitrogens with zero attached hydrogens (tertiary/aromatic N) is 1. The molecule has 0 aliphatic rings. The van der Waals surface area contributed by atoms with Crippen molar-refractivity contribution in [1.29, 1.82) is 0 Å². The number of H-pyrrole nitrogens is 1. The molecule has 2 nitrogen and oxygen atoms in total. The highest BCUT2D eigenvalue weighted by molar-refractivity contribution is 7.13. The molecule has 1 aromatic carbocycles. The minimum absolute atomic E-state index is 0.987. The number of imidazole rings is 1. The van der Waals surface area contributed by atoms with Crippen LogP contribution < -0.4 is 0 Å². The van der Waals surface area contributed by atoms with Crippen molar-refractivity contribution in [1.82, 2.24) is 9.97 Å². The summed E-state index contributed by atoms with van der Waals surface area (Å²) in [7, 11) is 0. The van der Waals surface area contributed by atoms with E-state index >= 15 is 0 Å². The molecular weight excluding hydrogens is 228 g/mol. The molecule has 0 atom stereocenters. The van der Waals surface area contributed by atoms with Crippen LogP contribution in [0.3, 0.4) is 0 Å². The maximum absolute atomic E-state index is 4.71. The van der Waals surface area contributed by atoms with E-state index in [-0.39, 0.29) is 0 Å². The normalized spacial score (nSPS) is 11.2. The lowest BCUT2D eigenvalue weighted by Crippen LogP contribution is -1.79. The van der Waals surface area contributed by atoms with Crippen molar-refractivity contribution in [3.05, 3.63) is 40.3 Å². The molecule has 0 radical (unpaired) electrons. The van der Waals surface area contributed by atoms with E-state index in [1.807, 2.05) is 0 Å². The molecule has 1 N–H and O–H groups in total. The molecule has 0 fully saturated rings. The number of hydrogen-bond donors (Lipinski definition) is 1. The quantitative estimate of drug-likeness (QED) is 0.680. The van der Waals surface area contributed by atoms with Crippen molar-refractivity contribution in [3.63, 3.8) is 0 Å². The van der Waals surface area contributed by atoms with Crippen LogP contribution in [-0.4, -0.2) is 9.97 Å². The summed E-state index contributed by atoms with van der Waals surface area (Å²) in [4.78, 5) is 9.37. The van der Waals surface area contributed by atoms with Gasteiger partial charge in [-0.25, -0.2) is 4.98 Å². The van der Waals surface area contributed by atoms with Crippen molar-refractivity contribution in [2.75, 3.05) is 0 Å². The molecule has 0 aliphatic carbocycles. The summed E-state index contributed by atoms with van der Waals surface area (Å²) in [6.45, 7) is 6.35. The van der Waals surface area contributed by atoms with Gasteiger partial charge in [-0.1, -0.05) is 6.07 Å². The Balaban J connectivity index is 2.27. The Labute approximate surface area is 104 Å². The van der Waals surface area contributed by atoms with E-state index in [9.17, 15) is 0 Å². The van der Waals surface area contributed by atoms with E-state index in [0.29, 0.717) is 0 Å². The third kappa shape index (κ3) is 1.67. The zero-order chi connectivity index (χ0) is 12.0. The van der Waals surface area contributed by atoms with Gasteiger partial charge in [-0.3, -0.25) is 0 Å². The van der Waals surface area contributed by atoms with Gasteiger partial charge in [-0.15, -0.1) is 11.3 Å². The molecule has 3 aromatic rings. The molecule has 2 heterocycles. The topological polar surface area (TPSA) is 28.7 Å². The van der Waals surface area contributed by atoms with Crippen molar-refractivity contribution >= 4 is 22.4 Å². The first kappa shape index (κ1) is 10.5. The van der Waals surface area contributed by atoms with Gasteiger partial charge in [-0.2, -0.15) is 0 Å². The molecule has 0 saturated heterocycles. The summed E-state index contributed by atoms with van der Waals surface area (Å²) < 4.78 is 0. The fraction of sp³-hybridized carbons (Fsp3) is 0.214. The highest BCUT2D eigenvalue weighted by atomic mass is 32.1. The standard InChI is InChI=1S/C14H14N2S/c1-8-6-10(3)12-11(7-8)15-14(16-12)13-9(2)4-5-17-13/h4-7H,1-3H3,(H,15,16). The second-order valence-electron chi connectivity index (χ2n) is 4.50. The van der Waals surface area contributed by atoms with Gasteiger partial charge < -0.3 is 4.98 Å². The molecule has 3 heteroatoms. The second-order valence-corrected chi connectivity index (χ2v) is 5.41. The van der Waals surface area contributed by atoms with Gasteiger partial charge >= 0.3 is 0 Å². The summed E-state index contributed by atoms with van der Waals surface area (Å²) in [6, 6.07) is 6.46. The van der Waals surface area contributed by atoms with Crippen LogP contribution >= 0.6 is 11.3 Å². The first-order valence-electron chi connectivity index (χ1n) is 5.66. The van der Waals surface area contributed by atoms with E-state index in [2.05, 4.69) is 49.3 Å². The van der Waals surface area contributed by atoms with Gasteiger partial charge in [0.05, 0.1) is 15.9 Å². The first-order valence-corrected chi connectivity index (χ1v) is 6.54. The highest BCUT2D eigenvalue weighted by Gasteiger charge is 2.10. The molecular formula is C14H14N2S. The summed E-state index contributed by atoms with van der Waals surface area (Å²) in [5, 5.41) is 2.11. The number of thiophene rings is 1. The van der Waals surface area contributed by atoms with Crippen LogP contribution in [0.25, 0.3) is 21.7 Å². The van der Waals surface area contributed by atoms with Crippen LogP contribution in [0, 0.1) is 20.8 Å². The molecule has 0 bridgehead atoms. The highest BCUT2D eigenvalue weighted by Crippen LogP contribution is 2.29. The van der Waals surface area contributed by atoms with Crippen LogP contribution in [0.4, 0.5) is 0 Å². The van der Waals surface area contributed by atoms with E-state index in [0.717, 1.165) is 16.9 Å². The van der Waals surface area contributed by atoms with Crippen LogP contribution in [0.1, 0.15) is 16.7 Å². The number of fused-ring (bicyclic) bond motifs is 1. The minimum Gasteiger partial charge on any atom is -0.337 e. The lowest BCUT2D eigenvalue weighted by molar-refractivity contribution is 1.33. The number of hydrogen-bond acceptors (Lipinski definition) is 2. The van der Waals surface area contributed by atoms with Gasteiger partial charge in [0.2, 0.25) is 0 Å². The lowest BCUT2D eigenvalue weighted by Gasteiger charge is -1.96. The predicted octanol–water partition coefficient (Wildman–Crippen LogP) is 4.22. The second kappa shape index (κ2) is 3.70. The molecule has 0 aliphatic heterocycles. The fourth-order valence-electron chi connectivity index (χ4n) is 2.19. The first-order chi connectivity index (χ1) is 8.15. The molecule has 3 rings (SSSR count). The Kier molecular flexibility index (Phi) is 2.30. The third-order valence-corrected chi connectivity index (χ3v) is 4.02. The smallest absolute Gasteiger partial charge is 0.148 e. The van der Waals surface area contributed by atoms with Gasteiger partial charge in [0.1, 0.15) is 5.82 Å². The Morgan fingerprint density at radius 1 is 1.12 bits per heavy atom. The molecule has 0 amide bonds. The average molecular weight is 242 g/mol. The van der Waals surface area contributed by atoms with Crippen LogP contribution in [-0.2, 0) is 0 Å².